The van der Waals surface area contributed by atoms with E-state index in [9.17, 15) is 9.90 Å². The maximum Gasteiger partial charge on any atom is 0.222 e. The fourth-order valence-corrected chi connectivity index (χ4v) is 4.46. The van der Waals surface area contributed by atoms with Crippen LogP contribution in [0.5, 0.6) is 0 Å². The Morgan fingerprint density at radius 1 is 1.33 bits per heavy atom. The van der Waals surface area contributed by atoms with Crippen LogP contribution in [-0.4, -0.2) is 40.6 Å². The Labute approximate surface area is 147 Å². The number of unbranched alkanes of at least 4 members (excludes halogenated alkanes) is 1. The molecule has 0 bridgehead atoms. The van der Waals surface area contributed by atoms with Gasteiger partial charge in [0.05, 0.1) is 21.3 Å². The highest BCUT2D eigenvalue weighted by Gasteiger charge is 2.27. The summed E-state index contributed by atoms with van der Waals surface area (Å²) in [5, 5.41) is 11.0. The van der Waals surface area contributed by atoms with E-state index in [4.69, 9.17) is 0 Å². The van der Waals surface area contributed by atoms with Crippen LogP contribution in [0.15, 0.2) is 24.3 Å². The third-order valence-corrected chi connectivity index (χ3v) is 6.02. The van der Waals surface area contributed by atoms with E-state index >= 15 is 0 Å². The number of hydrogen-bond acceptors (Lipinski definition) is 4. The number of carbonyl (C=O) groups excluding carboxylic acids is 1. The number of hydrogen-bond donors (Lipinski definition) is 1. The van der Waals surface area contributed by atoms with Crippen molar-refractivity contribution in [1.82, 2.24) is 9.88 Å². The summed E-state index contributed by atoms with van der Waals surface area (Å²) in [4.78, 5) is 18.7. The van der Waals surface area contributed by atoms with Crippen molar-refractivity contribution in [2.24, 2.45) is 5.92 Å². The van der Waals surface area contributed by atoms with Crippen LogP contribution in [0.25, 0.3) is 10.2 Å². The van der Waals surface area contributed by atoms with E-state index < -0.39 is 0 Å². The molecule has 1 N–H and O–H groups in total. The lowest BCUT2D eigenvalue weighted by Gasteiger charge is -2.23. The van der Waals surface area contributed by atoms with Crippen molar-refractivity contribution in [3.05, 3.63) is 29.3 Å². The summed E-state index contributed by atoms with van der Waals surface area (Å²) < 4.78 is 1.23. The normalized spacial score (nSPS) is 20.6. The number of aryl methyl sites for hydroxylation is 1. The number of carbonyl (C=O) groups is 1. The van der Waals surface area contributed by atoms with Crippen molar-refractivity contribution in [3.63, 3.8) is 0 Å². The Morgan fingerprint density at radius 3 is 2.92 bits per heavy atom. The molecular formula is C19H26N2O2S. The fourth-order valence-electron chi connectivity index (χ4n) is 3.45. The minimum atomic E-state index is -0.223. The molecule has 24 heavy (non-hydrogen) atoms. The van der Waals surface area contributed by atoms with E-state index in [1.54, 1.807) is 16.2 Å². The molecule has 2 aromatic rings. The Kier molecular flexibility index (Phi) is 5.85. The van der Waals surface area contributed by atoms with Crippen LogP contribution in [0.2, 0.25) is 0 Å². The fraction of sp³-hybridized carbons (Fsp3) is 0.579. The average Bonchev–Trinajstić information content (AvgIpc) is 3.17. The van der Waals surface area contributed by atoms with Gasteiger partial charge in [-0.25, -0.2) is 4.98 Å². The number of aliphatic hydroxyl groups is 1. The Morgan fingerprint density at radius 2 is 2.17 bits per heavy atom. The Bertz CT molecular complexity index is 652. The van der Waals surface area contributed by atoms with E-state index in [1.165, 1.54) is 4.70 Å². The van der Waals surface area contributed by atoms with Crippen LogP contribution in [-0.2, 0) is 11.2 Å². The summed E-state index contributed by atoms with van der Waals surface area (Å²) in [7, 11) is 1.86. The van der Waals surface area contributed by atoms with Gasteiger partial charge in [-0.3, -0.25) is 4.79 Å². The first kappa shape index (κ1) is 17.4. The van der Waals surface area contributed by atoms with Crippen molar-refractivity contribution >= 4 is 27.5 Å². The van der Waals surface area contributed by atoms with Gasteiger partial charge in [0.2, 0.25) is 5.91 Å². The molecule has 1 aromatic carbocycles. The molecule has 1 aliphatic rings. The first-order chi connectivity index (χ1) is 11.6. The van der Waals surface area contributed by atoms with Gasteiger partial charge in [-0.2, -0.15) is 0 Å². The average molecular weight is 346 g/mol. The van der Waals surface area contributed by atoms with Crippen molar-refractivity contribution in [2.75, 3.05) is 13.6 Å². The molecule has 5 heteroatoms. The van der Waals surface area contributed by atoms with Gasteiger partial charge in [-0.15, -0.1) is 11.3 Å². The van der Waals surface area contributed by atoms with Gasteiger partial charge in [0.25, 0.3) is 0 Å². The van der Waals surface area contributed by atoms with Crippen molar-refractivity contribution < 1.29 is 9.90 Å². The van der Waals surface area contributed by atoms with E-state index in [0.29, 0.717) is 13.0 Å². The second kappa shape index (κ2) is 8.08. The summed E-state index contributed by atoms with van der Waals surface area (Å²) in [5.74, 6) is 0.458. The molecule has 2 unspecified atom stereocenters. The van der Waals surface area contributed by atoms with E-state index in [0.717, 1.165) is 49.0 Å². The van der Waals surface area contributed by atoms with Crippen LogP contribution >= 0.6 is 11.3 Å². The highest BCUT2D eigenvalue weighted by atomic mass is 32.1. The largest absolute Gasteiger partial charge is 0.393 e. The van der Waals surface area contributed by atoms with Crippen LogP contribution in [0, 0.1) is 5.92 Å². The van der Waals surface area contributed by atoms with Crippen molar-refractivity contribution in [2.45, 2.75) is 51.0 Å². The van der Waals surface area contributed by atoms with E-state index in [2.05, 4.69) is 11.1 Å². The lowest BCUT2D eigenvalue weighted by molar-refractivity contribution is -0.130. The van der Waals surface area contributed by atoms with Crippen LogP contribution in [0.3, 0.4) is 0 Å². The standard InChI is InChI=1S/C19H26N2O2S/c1-21(13-14-7-6-9-16(14)22)19(23)12-5-4-11-18-20-15-8-2-3-10-17(15)24-18/h2-3,8,10,14,16,22H,4-7,9,11-13H2,1H3. The monoisotopic (exact) mass is 346 g/mol. The highest BCUT2D eigenvalue weighted by molar-refractivity contribution is 7.18. The quantitative estimate of drug-likeness (QED) is 0.779. The SMILES string of the molecule is CN(CC1CCCC1O)C(=O)CCCCc1nc2ccccc2s1. The zero-order valence-electron chi connectivity index (χ0n) is 14.3. The van der Waals surface area contributed by atoms with Crippen molar-refractivity contribution in [3.8, 4) is 0 Å². The lowest BCUT2D eigenvalue weighted by atomic mass is 10.1. The Hall–Kier alpha value is -1.46. The molecule has 1 fully saturated rings. The molecule has 130 valence electrons. The molecular weight excluding hydrogens is 320 g/mol. The van der Waals surface area contributed by atoms with Gasteiger partial charge < -0.3 is 10.0 Å². The second-order valence-corrected chi connectivity index (χ2v) is 7.93. The number of para-hydroxylation sites is 1. The molecule has 0 aliphatic heterocycles. The number of fused-ring (bicyclic) bond motifs is 1. The molecule has 1 aromatic heterocycles. The van der Waals surface area contributed by atoms with Crippen LogP contribution < -0.4 is 0 Å². The number of amides is 1. The molecule has 1 heterocycles. The first-order valence-electron chi connectivity index (χ1n) is 8.90. The lowest BCUT2D eigenvalue weighted by Crippen LogP contribution is -2.34. The number of rotatable bonds is 7. The van der Waals surface area contributed by atoms with Gasteiger partial charge in [0.1, 0.15) is 0 Å². The molecule has 0 spiro atoms. The zero-order valence-corrected chi connectivity index (χ0v) is 15.1. The molecule has 0 radical (unpaired) electrons. The topological polar surface area (TPSA) is 53.4 Å². The molecule has 1 saturated carbocycles. The number of benzene rings is 1. The van der Waals surface area contributed by atoms with Crippen molar-refractivity contribution in [1.29, 1.82) is 0 Å². The minimum absolute atomic E-state index is 0.193. The van der Waals surface area contributed by atoms with Crippen LogP contribution in [0.1, 0.15) is 43.5 Å². The highest BCUT2D eigenvalue weighted by Crippen LogP contribution is 2.26. The van der Waals surface area contributed by atoms with Gasteiger partial charge in [-0.1, -0.05) is 18.6 Å². The minimum Gasteiger partial charge on any atom is -0.393 e. The molecule has 0 saturated heterocycles. The molecule has 1 aliphatic carbocycles. The second-order valence-electron chi connectivity index (χ2n) is 6.82. The smallest absolute Gasteiger partial charge is 0.222 e. The number of aromatic nitrogens is 1. The van der Waals surface area contributed by atoms with Gasteiger partial charge in [0.15, 0.2) is 0 Å². The third-order valence-electron chi connectivity index (χ3n) is 4.92. The number of thiazole rings is 1. The number of aliphatic hydroxyl groups excluding tert-OH is 1. The molecule has 1 amide bonds. The van der Waals surface area contributed by atoms with Crippen LogP contribution in [0.4, 0.5) is 0 Å². The number of nitrogens with zero attached hydrogens (tertiary/aromatic N) is 2. The predicted octanol–water partition coefficient (Wildman–Crippen LogP) is 3.63. The summed E-state index contributed by atoms with van der Waals surface area (Å²) in [6.07, 6.45) is 6.19. The Balaban J connectivity index is 1.38. The summed E-state index contributed by atoms with van der Waals surface area (Å²) >= 11 is 1.75. The van der Waals surface area contributed by atoms with Gasteiger partial charge >= 0.3 is 0 Å². The van der Waals surface area contributed by atoms with Gasteiger partial charge in [-0.05, 0) is 44.2 Å². The van der Waals surface area contributed by atoms with E-state index in [1.807, 2.05) is 25.2 Å². The molecule has 4 nitrogen and oxygen atoms in total. The summed E-state index contributed by atoms with van der Waals surface area (Å²) in [6, 6.07) is 8.21. The molecule has 3 rings (SSSR count). The summed E-state index contributed by atoms with van der Waals surface area (Å²) in [5.41, 5.74) is 1.07. The van der Waals surface area contributed by atoms with Gasteiger partial charge in [0, 0.05) is 25.9 Å². The first-order valence-corrected chi connectivity index (χ1v) is 9.71. The maximum absolute atomic E-state index is 12.2. The summed E-state index contributed by atoms with van der Waals surface area (Å²) in [6.45, 7) is 0.692. The third kappa shape index (κ3) is 4.33. The maximum atomic E-state index is 12.2. The zero-order chi connectivity index (χ0) is 16.9. The predicted molar refractivity (Wildman–Crippen MR) is 98.2 cm³/mol. The molecule has 2 atom stereocenters. The van der Waals surface area contributed by atoms with E-state index in [-0.39, 0.29) is 17.9 Å².